The number of thiazole rings is 1. The highest BCUT2D eigenvalue weighted by atomic mass is 32.1. The molecule has 46 heavy (non-hydrogen) atoms. The van der Waals surface area contributed by atoms with E-state index in [0.29, 0.717) is 51.0 Å². The molecule has 2 heterocycles. The monoisotopic (exact) mass is 656 g/mol. The fraction of sp³-hybridized carbons (Fsp3) is 0.226. The number of hydrogen-bond donors (Lipinski definition) is 1. The molecule has 1 N–H and O–H groups in total. The number of aromatic nitrogens is 3. The van der Waals surface area contributed by atoms with Crippen molar-refractivity contribution in [2.45, 2.75) is 13.1 Å². The van der Waals surface area contributed by atoms with Gasteiger partial charge in [0.2, 0.25) is 11.7 Å². The maximum absolute atomic E-state index is 13.1. The van der Waals surface area contributed by atoms with Crippen molar-refractivity contribution in [1.29, 1.82) is 0 Å². The van der Waals surface area contributed by atoms with Gasteiger partial charge in [0, 0.05) is 18.1 Å². The summed E-state index contributed by atoms with van der Waals surface area (Å²) in [6.07, 6.45) is -4.50. The number of amides is 1. The zero-order chi connectivity index (χ0) is 33.2. The molecule has 0 bridgehead atoms. The Bertz CT molecular complexity index is 1910. The van der Waals surface area contributed by atoms with E-state index in [4.69, 9.17) is 23.7 Å². The van der Waals surface area contributed by atoms with Crippen LogP contribution in [0.5, 0.6) is 28.7 Å². The van der Waals surface area contributed by atoms with Gasteiger partial charge in [0.1, 0.15) is 0 Å². The molecule has 5 aromatic rings. The van der Waals surface area contributed by atoms with Crippen LogP contribution in [-0.2, 0) is 11.0 Å². The summed E-state index contributed by atoms with van der Waals surface area (Å²) in [6.45, 7) is 0.902. The molecule has 0 atom stereocenters. The van der Waals surface area contributed by atoms with Crippen molar-refractivity contribution < 1.29 is 46.4 Å². The van der Waals surface area contributed by atoms with Crippen LogP contribution < -0.4 is 29.0 Å². The van der Waals surface area contributed by atoms with Gasteiger partial charge in [-0.1, -0.05) is 11.3 Å². The quantitative estimate of drug-likeness (QED) is 0.178. The molecule has 11 nitrogen and oxygen atoms in total. The Morgan fingerprint density at radius 2 is 1.52 bits per heavy atom. The summed E-state index contributed by atoms with van der Waals surface area (Å²) in [5.74, 6) is 0.775. The number of carbonyl (C=O) groups is 2. The largest absolute Gasteiger partial charge is 0.493 e. The number of benzene rings is 3. The first-order valence-electron chi connectivity index (χ1n) is 13.5. The van der Waals surface area contributed by atoms with E-state index < -0.39 is 24.3 Å². The second-order valence-corrected chi connectivity index (χ2v) is 10.7. The summed E-state index contributed by atoms with van der Waals surface area (Å²) in [5.41, 5.74) is 1.52. The van der Waals surface area contributed by atoms with Crippen LogP contribution in [0.4, 0.5) is 18.3 Å². The van der Waals surface area contributed by atoms with E-state index in [2.05, 4.69) is 15.4 Å². The van der Waals surface area contributed by atoms with Gasteiger partial charge in [-0.05, 0) is 54.6 Å². The van der Waals surface area contributed by atoms with Crippen molar-refractivity contribution in [2.24, 2.45) is 0 Å². The minimum absolute atomic E-state index is 0.119. The molecule has 240 valence electrons. The van der Waals surface area contributed by atoms with Gasteiger partial charge in [0.15, 0.2) is 34.7 Å². The predicted molar refractivity (Wildman–Crippen MR) is 164 cm³/mol. The van der Waals surface area contributed by atoms with Crippen LogP contribution >= 0.6 is 11.3 Å². The number of hydrogen-bond acceptors (Lipinski definition) is 10. The molecular weight excluding hydrogens is 629 g/mol. The van der Waals surface area contributed by atoms with Crippen LogP contribution in [0.1, 0.15) is 17.3 Å². The predicted octanol–water partition coefficient (Wildman–Crippen LogP) is 6.56. The first-order chi connectivity index (χ1) is 21.9. The molecule has 5 rings (SSSR count). The van der Waals surface area contributed by atoms with Crippen LogP contribution in [0.2, 0.25) is 0 Å². The Hall–Kier alpha value is -5.31. The number of carbonyl (C=O) groups excluding carboxylic acids is 2. The fourth-order valence-corrected chi connectivity index (χ4v) is 5.52. The minimum Gasteiger partial charge on any atom is -0.493 e. The van der Waals surface area contributed by atoms with Gasteiger partial charge in [0.05, 0.1) is 55.6 Å². The van der Waals surface area contributed by atoms with Crippen molar-refractivity contribution in [3.05, 3.63) is 60.2 Å². The number of nitrogens with one attached hydrogen (secondary N) is 1. The maximum Gasteiger partial charge on any atom is 0.416 e. The average molecular weight is 657 g/mol. The maximum atomic E-state index is 13.1. The number of nitrogens with zero attached hydrogens (tertiary/aromatic N) is 3. The highest BCUT2D eigenvalue weighted by Gasteiger charge is 2.31. The summed E-state index contributed by atoms with van der Waals surface area (Å²) in [6, 6.07) is 13.2. The molecule has 1 amide bonds. The summed E-state index contributed by atoms with van der Waals surface area (Å²) >= 11 is 0.909. The van der Waals surface area contributed by atoms with E-state index in [-0.39, 0.29) is 21.5 Å². The Kier molecular flexibility index (Phi) is 9.05. The van der Waals surface area contributed by atoms with E-state index in [0.717, 1.165) is 23.5 Å². The van der Waals surface area contributed by atoms with Crippen molar-refractivity contribution >= 4 is 38.5 Å². The third-order valence-electron chi connectivity index (χ3n) is 6.75. The number of halogens is 3. The van der Waals surface area contributed by atoms with Crippen molar-refractivity contribution in [3.63, 3.8) is 0 Å². The molecule has 0 saturated carbocycles. The molecule has 0 aliphatic heterocycles. The summed E-state index contributed by atoms with van der Waals surface area (Å²) in [5, 5.41) is 7.17. The van der Waals surface area contributed by atoms with E-state index in [1.807, 2.05) is 0 Å². The molecule has 0 aliphatic carbocycles. The molecule has 15 heteroatoms. The zero-order valence-corrected chi connectivity index (χ0v) is 26.0. The SMILES string of the molecule is COc1ccc(-c2cc(-c3cc(OC)c(OC)c(OC)c3)nn2C(C)=O)cc1OCC(=O)Nc1nc2ccc(C(F)(F)F)cc2s1. The van der Waals surface area contributed by atoms with Crippen molar-refractivity contribution in [3.8, 4) is 51.3 Å². The van der Waals surface area contributed by atoms with E-state index >= 15 is 0 Å². The van der Waals surface area contributed by atoms with Gasteiger partial charge in [-0.15, -0.1) is 0 Å². The molecule has 2 aromatic heterocycles. The summed E-state index contributed by atoms with van der Waals surface area (Å²) in [7, 11) is 5.91. The Balaban J connectivity index is 1.39. The Morgan fingerprint density at radius 1 is 0.848 bits per heavy atom. The van der Waals surface area contributed by atoms with Gasteiger partial charge < -0.3 is 23.7 Å². The molecule has 0 fully saturated rings. The lowest BCUT2D eigenvalue weighted by atomic mass is 10.1. The van der Waals surface area contributed by atoms with Gasteiger partial charge in [0.25, 0.3) is 5.91 Å². The summed E-state index contributed by atoms with van der Waals surface area (Å²) in [4.78, 5) is 29.5. The Labute approximate surface area is 264 Å². The fourth-order valence-electron chi connectivity index (χ4n) is 4.60. The third kappa shape index (κ3) is 6.54. The number of rotatable bonds is 10. The highest BCUT2D eigenvalue weighted by molar-refractivity contribution is 7.22. The normalized spacial score (nSPS) is 11.3. The molecule has 0 radical (unpaired) electrons. The number of ether oxygens (including phenoxy) is 5. The highest BCUT2D eigenvalue weighted by Crippen LogP contribution is 2.42. The molecule has 0 aliphatic rings. The topological polar surface area (TPSA) is 123 Å². The van der Waals surface area contributed by atoms with Gasteiger partial charge >= 0.3 is 6.18 Å². The molecule has 0 unspecified atom stereocenters. The first-order valence-corrected chi connectivity index (χ1v) is 14.3. The van der Waals surface area contributed by atoms with Crippen LogP contribution in [-0.4, -0.2) is 61.6 Å². The lowest BCUT2D eigenvalue weighted by molar-refractivity contribution is -0.137. The third-order valence-corrected chi connectivity index (χ3v) is 7.68. The van der Waals surface area contributed by atoms with Crippen LogP contribution in [0, 0.1) is 0 Å². The average Bonchev–Trinajstić information content (AvgIpc) is 3.66. The van der Waals surface area contributed by atoms with Gasteiger partial charge in [-0.2, -0.15) is 23.0 Å². The van der Waals surface area contributed by atoms with Gasteiger partial charge in [-0.25, -0.2) is 4.98 Å². The number of alkyl halides is 3. The number of methoxy groups -OCH3 is 4. The van der Waals surface area contributed by atoms with Crippen LogP contribution in [0.15, 0.2) is 54.6 Å². The van der Waals surface area contributed by atoms with Crippen molar-refractivity contribution in [1.82, 2.24) is 14.8 Å². The minimum atomic E-state index is -4.50. The van der Waals surface area contributed by atoms with Gasteiger partial charge in [-0.3, -0.25) is 14.9 Å². The second kappa shape index (κ2) is 13.0. The van der Waals surface area contributed by atoms with Crippen LogP contribution in [0.3, 0.4) is 0 Å². The van der Waals surface area contributed by atoms with E-state index in [1.54, 1.807) is 36.4 Å². The van der Waals surface area contributed by atoms with E-state index in [1.165, 1.54) is 46.1 Å². The molecule has 0 saturated heterocycles. The number of anilines is 1. The zero-order valence-electron chi connectivity index (χ0n) is 25.1. The summed E-state index contributed by atoms with van der Waals surface area (Å²) < 4.78 is 68.2. The van der Waals surface area contributed by atoms with Crippen LogP contribution in [0.25, 0.3) is 32.7 Å². The van der Waals surface area contributed by atoms with E-state index in [9.17, 15) is 22.8 Å². The van der Waals surface area contributed by atoms with Crippen molar-refractivity contribution in [2.75, 3.05) is 40.4 Å². The number of fused-ring (bicyclic) bond motifs is 1. The standard InChI is InChI=1S/C31H27F3N4O7S/c1-16(39)38-22(14-21(37-38)18-11-25(42-3)29(44-5)26(12-18)43-4)17-6-9-23(41-2)24(10-17)45-15-28(40)36-30-35-20-8-7-19(31(32,33)34)13-27(20)46-30/h6-14H,15H2,1-5H3,(H,35,36,40). The second-order valence-electron chi connectivity index (χ2n) is 9.66. The molecule has 3 aromatic carbocycles. The first kappa shape index (κ1) is 32.1. The Morgan fingerprint density at radius 3 is 2.13 bits per heavy atom. The smallest absolute Gasteiger partial charge is 0.416 e. The molecule has 0 spiro atoms. The lowest BCUT2D eigenvalue weighted by Crippen LogP contribution is -2.20. The molecular formula is C31H27F3N4O7S. The lowest BCUT2D eigenvalue weighted by Gasteiger charge is -2.13.